The van der Waals surface area contributed by atoms with Gasteiger partial charge >= 0.3 is 5.97 Å². The van der Waals surface area contributed by atoms with Gasteiger partial charge in [-0.3, -0.25) is 9.59 Å². The van der Waals surface area contributed by atoms with Crippen molar-refractivity contribution < 1.29 is 27.9 Å². The van der Waals surface area contributed by atoms with Gasteiger partial charge in [0.05, 0.1) is 0 Å². The highest BCUT2D eigenvalue weighted by Crippen LogP contribution is 2.26. The van der Waals surface area contributed by atoms with Crippen molar-refractivity contribution in [3.63, 3.8) is 0 Å². The van der Waals surface area contributed by atoms with Gasteiger partial charge < -0.3 is 15.4 Å². The lowest BCUT2D eigenvalue weighted by atomic mass is 10.2. The van der Waals surface area contributed by atoms with Crippen molar-refractivity contribution in [3.8, 4) is 0 Å². The summed E-state index contributed by atoms with van der Waals surface area (Å²) in [6, 6.07) is 14.6. The molecule has 0 spiro atoms. The van der Waals surface area contributed by atoms with Crippen LogP contribution in [0, 0.1) is 0 Å². The number of esters is 1. The molecule has 0 aromatic heterocycles. The molecular weight excluding hydrogens is 402 g/mol. The van der Waals surface area contributed by atoms with Gasteiger partial charge in [0.15, 0.2) is 6.61 Å². The Bertz CT molecular complexity index is 887. The fourth-order valence-corrected chi connectivity index (χ4v) is 2.68. The summed E-state index contributed by atoms with van der Waals surface area (Å²) in [5, 5.41) is 4.86. The topological polar surface area (TPSA) is 84.5 Å². The molecule has 0 radical (unpaired) electrons. The molecule has 0 bridgehead atoms. The first-order valence-electron chi connectivity index (χ1n) is 8.39. The first kappa shape index (κ1) is 22.1. The summed E-state index contributed by atoms with van der Waals surface area (Å²) < 4.78 is 29.6. The van der Waals surface area contributed by atoms with Crippen LogP contribution in [0.25, 0.3) is 6.08 Å². The van der Waals surface area contributed by atoms with Gasteiger partial charge in [-0.2, -0.15) is 8.78 Å². The minimum Gasteiger partial charge on any atom is -0.451 e. The number of amides is 2. The second-order valence-electron chi connectivity index (χ2n) is 5.68. The average molecular weight is 420 g/mol. The van der Waals surface area contributed by atoms with Gasteiger partial charge in [0.25, 0.3) is 11.7 Å². The van der Waals surface area contributed by atoms with Crippen LogP contribution < -0.4 is 10.6 Å². The quantitative estimate of drug-likeness (QED) is 0.387. The van der Waals surface area contributed by atoms with Gasteiger partial charge in [-0.05, 0) is 35.9 Å². The predicted molar refractivity (Wildman–Crippen MR) is 106 cm³/mol. The van der Waals surface area contributed by atoms with E-state index in [1.165, 1.54) is 37.3 Å². The predicted octanol–water partition coefficient (Wildman–Crippen LogP) is 3.66. The molecule has 2 N–H and O–H groups in total. The van der Waals surface area contributed by atoms with Crippen molar-refractivity contribution in [2.75, 3.05) is 11.9 Å². The van der Waals surface area contributed by atoms with Crippen LogP contribution in [0.3, 0.4) is 0 Å². The number of thioether (sulfide) groups is 1. The molecule has 0 fully saturated rings. The van der Waals surface area contributed by atoms with E-state index < -0.39 is 30.1 Å². The Labute approximate surface area is 170 Å². The van der Waals surface area contributed by atoms with Gasteiger partial charge in [0, 0.05) is 17.5 Å². The zero-order valence-corrected chi connectivity index (χ0v) is 16.2. The molecule has 2 aromatic rings. The zero-order chi connectivity index (χ0) is 21.2. The number of benzene rings is 2. The van der Waals surface area contributed by atoms with Crippen LogP contribution in [0.4, 0.5) is 14.5 Å². The lowest BCUT2D eigenvalue weighted by Gasteiger charge is -2.10. The maximum absolute atomic E-state index is 12.3. The van der Waals surface area contributed by atoms with Crippen LogP contribution in [0.1, 0.15) is 12.5 Å². The average Bonchev–Trinajstić information content (AvgIpc) is 2.67. The second kappa shape index (κ2) is 11.0. The minimum atomic E-state index is -2.53. The number of ether oxygens (including phenoxy) is 1. The molecule has 0 saturated heterocycles. The summed E-state index contributed by atoms with van der Waals surface area (Å²) in [7, 11) is 0. The van der Waals surface area contributed by atoms with E-state index in [1.807, 2.05) is 0 Å². The largest absolute Gasteiger partial charge is 0.451 e. The Morgan fingerprint density at radius 1 is 1.07 bits per heavy atom. The first-order chi connectivity index (χ1) is 13.8. The van der Waals surface area contributed by atoms with E-state index in [9.17, 15) is 23.2 Å². The van der Waals surface area contributed by atoms with Crippen molar-refractivity contribution in [1.82, 2.24) is 5.32 Å². The van der Waals surface area contributed by atoms with E-state index in [1.54, 1.807) is 30.3 Å². The van der Waals surface area contributed by atoms with Crippen molar-refractivity contribution >= 4 is 41.3 Å². The van der Waals surface area contributed by atoms with Crippen molar-refractivity contribution in [3.05, 3.63) is 65.9 Å². The van der Waals surface area contributed by atoms with Gasteiger partial charge in [-0.15, -0.1) is 0 Å². The number of halogens is 2. The number of nitrogens with one attached hydrogen (secondary N) is 2. The van der Waals surface area contributed by atoms with Gasteiger partial charge in [-0.1, -0.05) is 42.1 Å². The normalized spacial score (nSPS) is 11.1. The SMILES string of the molecule is CC(=O)N/C(=C\c1ccccc1)C(=O)OCC(=O)Nc1ccc(SC(F)F)cc1. The maximum Gasteiger partial charge on any atom is 0.355 e. The molecule has 0 aliphatic heterocycles. The summed E-state index contributed by atoms with van der Waals surface area (Å²) in [6.07, 6.45) is 1.43. The number of alkyl halides is 2. The van der Waals surface area contributed by atoms with Gasteiger partial charge in [-0.25, -0.2) is 4.79 Å². The molecule has 2 aromatic carbocycles. The first-order valence-corrected chi connectivity index (χ1v) is 9.27. The molecule has 0 aliphatic rings. The fourth-order valence-electron chi connectivity index (χ4n) is 2.18. The van der Waals surface area contributed by atoms with E-state index >= 15 is 0 Å². The molecule has 0 heterocycles. The Kier molecular flexibility index (Phi) is 8.35. The van der Waals surface area contributed by atoms with Gasteiger partial charge in [0.2, 0.25) is 5.91 Å². The number of hydrogen-bond donors (Lipinski definition) is 2. The number of carbonyl (C=O) groups is 3. The standard InChI is InChI=1S/C20H18F2N2O4S/c1-13(25)23-17(11-14-5-3-2-4-6-14)19(27)28-12-18(26)24-15-7-9-16(10-8-15)29-20(21)22/h2-11,20H,12H2,1H3,(H,23,25)(H,24,26)/b17-11-. The number of rotatable bonds is 8. The molecule has 0 atom stereocenters. The number of anilines is 1. The third-order valence-corrected chi connectivity index (χ3v) is 4.06. The Morgan fingerprint density at radius 3 is 2.31 bits per heavy atom. The van der Waals surface area contributed by atoms with Crippen LogP contribution in [-0.2, 0) is 19.1 Å². The molecule has 2 rings (SSSR count). The monoisotopic (exact) mass is 420 g/mol. The van der Waals surface area contributed by atoms with Crippen molar-refractivity contribution in [1.29, 1.82) is 0 Å². The maximum atomic E-state index is 12.3. The van der Waals surface area contributed by atoms with Gasteiger partial charge in [0.1, 0.15) is 5.70 Å². The Balaban J connectivity index is 1.93. The fraction of sp³-hybridized carbons (Fsp3) is 0.150. The van der Waals surface area contributed by atoms with E-state index in [-0.39, 0.29) is 5.70 Å². The molecule has 0 saturated carbocycles. The number of carbonyl (C=O) groups excluding carboxylic acids is 3. The smallest absolute Gasteiger partial charge is 0.355 e. The summed E-state index contributed by atoms with van der Waals surface area (Å²) in [4.78, 5) is 35.9. The highest BCUT2D eigenvalue weighted by atomic mass is 32.2. The second-order valence-corrected chi connectivity index (χ2v) is 6.74. The van der Waals surface area contributed by atoms with Crippen LogP contribution in [0.2, 0.25) is 0 Å². The Hall–Kier alpha value is -3.20. The summed E-state index contributed by atoms with van der Waals surface area (Å²) in [6.45, 7) is 0.660. The van der Waals surface area contributed by atoms with E-state index in [4.69, 9.17) is 4.74 Å². The Morgan fingerprint density at radius 2 is 1.72 bits per heavy atom. The zero-order valence-electron chi connectivity index (χ0n) is 15.4. The van der Waals surface area contributed by atoms with Crippen LogP contribution in [-0.4, -0.2) is 30.1 Å². The summed E-state index contributed by atoms with van der Waals surface area (Å²) >= 11 is 0.393. The highest BCUT2D eigenvalue weighted by molar-refractivity contribution is 7.99. The molecule has 6 nitrogen and oxygen atoms in total. The summed E-state index contributed by atoms with van der Waals surface area (Å²) in [5.41, 5.74) is 0.927. The molecule has 9 heteroatoms. The molecule has 0 aliphatic carbocycles. The highest BCUT2D eigenvalue weighted by Gasteiger charge is 2.15. The van der Waals surface area contributed by atoms with Crippen LogP contribution in [0.5, 0.6) is 0 Å². The lowest BCUT2D eigenvalue weighted by molar-refractivity contribution is -0.144. The molecule has 152 valence electrons. The molecule has 29 heavy (non-hydrogen) atoms. The molecule has 2 amide bonds. The summed E-state index contributed by atoms with van der Waals surface area (Å²) in [5.74, 6) is -4.48. The molecule has 0 unspecified atom stereocenters. The molecular formula is C20H18F2N2O4S. The number of hydrogen-bond acceptors (Lipinski definition) is 5. The third kappa shape index (κ3) is 8.14. The van der Waals surface area contributed by atoms with Crippen LogP contribution in [0.15, 0.2) is 65.2 Å². The van der Waals surface area contributed by atoms with Crippen LogP contribution >= 0.6 is 11.8 Å². The van der Waals surface area contributed by atoms with E-state index in [0.717, 1.165) is 0 Å². The van der Waals surface area contributed by atoms with Crippen molar-refractivity contribution in [2.24, 2.45) is 0 Å². The van der Waals surface area contributed by atoms with E-state index in [0.29, 0.717) is 27.9 Å². The van der Waals surface area contributed by atoms with E-state index in [2.05, 4.69) is 10.6 Å². The van der Waals surface area contributed by atoms with Crippen molar-refractivity contribution in [2.45, 2.75) is 17.6 Å². The third-order valence-electron chi connectivity index (χ3n) is 3.34. The minimum absolute atomic E-state index is 0.107. The lowest BCUT2D eigenvalue weighted by Crippen LogP contribution is -2.28.